The molecule has 0 unspecified atom stereocenters. The number of pyridine rings is 1. The number of amides is 2. The first-order chi connectivity index (χ1) is 10.6. The summed E-state index contributed by atoms with van der Waals surface area (Å²) in [6, 6.07) is 10.1. The summed E-state index contributed by atoms with van der Waals surface area (Å²) in [5.41, 5.74) is 1.26. The van der Waals surface area contributed by atoms with Crippen LogP contribution < -0.4 is 10.6 Å². The summed E-state index contributed by atoms with van der Waals surface area (Å²) in [4.78, 5) is 27.4. The predicted molar refractivity (Wildman–Crippen MR) is 85.9 cm³/mol. The van der Waals surface area contributed by atoms with Crippen molar-refractivity contribution < 1.29 is 9.59 Å². The normalized spacial score (nSPS) is 10.0. The van der Waals surface area contributed by atoms with Gasteiger partial charge in [-0.25, -0.2) is 0 Å². The number of benzene rings is 1. The molecule has 0 spiro atoms. The fourth-order valence-electron chi connectivity index (χ4n) is 1.81. The molecule has 1 aromatic heterocycles. The molecule has 0 atom stereocenters. The minimum absolute atomic E-state index is 0.0908. The molecule has 0 radical (unpaired) electrons. The second-order valence-electron chi connectivity index (χ2n) is 4.65. The third kappa shape index (κ3) is 5.18. The van der Waals surface area contributed by atoms with Gasteiger partial charge >= 0.3 is 0 Å². The Morgan fingerprint density at radius 2 is 1.73 bits per heavy atom. The number of hydrogen-bond donors (Lipinski definition) is 2. The van der Waals surface area contributed by atoms with E-state index >= 15 is 0 Å². The van der Waals surface area contributed by atoms with Gasteiger partial charge in [-0.15, -0.1) is 0 Å². The summed E-state index contributed by atoms with van der Waals surface area (Å²) in [6.07, 6.45) is 4.13. The van der Waals surface area contributed by atoms with Crippen molar-refractivity contribution in [1.29, 1.82) is 0 Å². The van der Waals surface area contributed by atoms with Crippen LogP contribution >= 0.6 is 11.6 Å². The van der Waals surface area contributed by atoms with E-state index in [4.69, 9.17) is 11.6 Å². The van der Waals surface area contributed by atoms with E-state index in [1.807, 2.05) is 0 Å². The van der Waals surface area contributed by atoms with Crippen LogP contribution in [-0.2, 0) is 4.79 Å². The Kier molecular flexibility index (Phi) is 5.91. The third-order valence-electron chi connectivity index (χ3n) is 2.94. The van der Waals surface area contributed by atoms with Gasteiger partial charge in [0.1, 0.15) is 0 Å². The lowest BCUT2D eigenvalue weighted by atomic mass is 10.2. The highest BCUT2D eigenvalue weighted by Crippen LogP contribution is 2.09. The lowest BCUT2D eigenvalue weighted by Crippen LogP contribution is -2.25. The van der Waals surface area contributed by atoms with E-state index in [2.05, 4.69) is 15.6 Å². The van der Waals surface area contributed by atoms with E-state index in [9.17, 15) is 9.59 Å². The van der Waals surface area contributed by atoms with E-state index in [-0.39, 0.29) is 11.8 Å². The topological polar surface area (TPSA) is 71.1 Å². The average molecular weight is 318 g/mol. The smallest absolute Gasteiger partial charge is 0.251 e. The van der Waals surface area contributed by atoms with Gasteiger partial charge in [0.2, 0.25) is 5.91 Å². The van der Waals surface area contributed by atoms with Crippen LogP contribution in [0.5, 0.6) is 0 Å². The van der Waals surface area contributed by atoms with Crippen LogP contribution in [-0.4, -0.2) is 23.3 Å². The van der Waals surface area contributed by atoms with E-state index in [1.54, 1.807) is 48.8 Å². The molecule has 2 rings (SSSR count). The molecule has 1 heterocycles. The van der Waals surface area contributed by atoms with Crippen LogP contribution in [0.4, 0.5) is 5.69 Å². The molecule has 5 nitrogen and oxygen atoms in total. The first-order valence-electron chi connectivity index (χ1n) is 6.89. The Balaban J connectivity index is 1.67. The van der Waals surface area contributed by atoms with Gasteiger partial charge in [-0.1, -0.05) is 11.6 Å². The quantitative estimate of drug-likeness (QED) is 0.805. The van der Waals surface area contributed by atoms with Crippen molar-refractivity contribution in [2.75, 3.05) is 11.9 Å². The van der Waals surface area contributed by atoms with Gasteiger partial charge in [0, 0.05) is 41.6 Å². The van der Waals surface area contributed by atoms with Gasteiger partial charge in [0.25, 0.3) is 5.91 Å². The molecule has 114 valence electrons. The lowest BCUT2D eigenvalue weighted by Gasteiger charge is -2.06. The van der Waals surface area contributed by atoms with Gasteiger partial charge < -0.3 is 10.6 Å². The number of hydrogen-bond acceptors (Lipinski definition) is 3. The average Bonchev–Trinajstić information content (AvgIpc) is 2.53. The first kappa shape index (κ1) is 16.0. The Bertz CT molecular complexity index is 630. The van der Waals surface area contributed by atoms with E-state index in [0.29, 0.717) is 35.7 Å². The number of carbonyl (C=O) groups excluding carboxylic acids is 2. The Hall–Kier alpha value is -2.40. The number of halogens is 1. The summed E-state index contributed by atoms with van der Waals surface area (Å²) in [7, 11) is 0. The number of nitrogens with zero attached hydrogens (tertiary/aromatic N) is 1. The maximum atomic E-state index is 11.8. The Labute approximate surface area is 133 Å². The second kappa shape index (κ2) is 8.14. The zero-order valence-electron chi connectivity index (χ0n) is 11.9. The van der Waals surface area contributed by atoms with E-state index in [1.165, 1.54) is 0 Å². The molecule has 0 saturated carbocycles. The molecule has 2 aromatic rings. The van der Waals surface area contributed by atoms with Crippen LogP contribution in [0.2, 0.25) is 5.02 Å². The lowest BCUT2D eigenvalue weighted by molar-refractivity contribution is -0.116. The van der Waals surface area contributed by atoms with Crippen LogP contribution in [0, 0.1) is 0 Å². The van der Waals surface area contributed by atoms with Gasteiger partial charge in [0.15, 0.2) is 0 Å². The SMILES string of the molecule is O=C(CCCNC(=O)c1ccc(Cl)cc1)Nc1ccncc1. The zero-order chi connectivity index (χ0) is 15.8. The van der Waals surface area contributed by atoms with E-state index in [0.717, 1.165) is 0 Å². The van der Waals surface area contributed by atoms with Gasteiger partial charge in [-0.2, -0.15) is 0 Å². The molecule has 2 N–H and O–H groups in total. The molecule has 2 amide bonds. The summed E-state index contributed by atoms with van der Waals surface area (Å²) in [5, 5.41) is 6.11. The minimum atomic E-state index is -0.175. The summed E-state index contributed by atoms with van der Waals surface area (Å²) < 4.78 is 0. The Morgan fingerprint density at radius 1 is 1.05 bits per heavy atom. The highest BCUT2D eigenvalue weighted by Gasteiger charge is 2.06. The van der Waals surface area contributed by atoms with Gasteiger partial charge in [0.05, 0.1) is 0 Å². The summed E-state index contributed by atoms with van der Waals surface area (Å²) in [5.74, 6) is -0.266. The van der Waals surface area contributed by atoms with Crippen molar-refractivity contribution in [3.63, 3.8) is 0 Å². The van der Waals surface area contributed by atoms with Crippen molar-refractivity contribution in [3.05, 3.63) is 59.4 Å². The molecule has 22 heavy (non-hydrogen) atoms. The van der Waals surface area contributed by atoms with Crippen molar-refractivity contribution in [2.24, 2.45) is 0 Å². The Morgan fingerprint density at radius 3 is 2.41 bits per heavy atom. The summed E-state index contributed by atoms with van der Waals surface area (Å²) >= 11 is 5.76. The number of nitrogens with one attached hydrogen (secondary N) is 2. The third-order valence-corrected chi connectivity index (χ3v) is 3.19. The molecule has 0 fully saturated rings. The molecule has 0 bridgehead atoms. The number of anilines is 1. The van der Waals surface area contributed by atoms with E-state index < -0.39 is 0 Å². The number of carbonyl (C=O) groups is 2. The van der Waals surface area contributed by atoms with Crippen molar-refractivity contribution in [3.8, 4) is 0 Å². The first-order valence-corrected chi connectivity index (χ1v) is 7.26. The fourth-order valence-corrected chi connectivity index (χ4v) is 1.94. The molecule has 0 aliphatic carbocycles. The largest absolute Gasteiger partial charge is 0.352 e. The monoisotopic (exact) mass is 317 g/mol. The van der Waals surface area contributed by atoms with Gasteiger partial charge in [-0.05, 0) is 42.8 Å². The molecule has 6 heteroatoms. The molecule has 0 aliphatic heterocycles. The maximum Gasteiger partial charge on any atom is 0.251 e. The second-order valence-corrected chi connectivity index (χ2v) is 5.09. The molecule has 1 aromatic carbocycles. The minimum Gasteiger partial charge on any atom is -0.352 e. The maximum absolute atomic E-state index is 11.8. The highest BCUT2D eigenvalue weighted by atomic mass is 35.5. The van der Waals surface area contributed by atoms with Crippen LogP contribution in [0.3, 0.4) is 0 Å². The molecule has 0 saturated heterocycles. The van der Waals surface area contributed by atoms with Crippen LogP contribution in [0.25, 0.3) is 0 Å². The zero-order valence-corrected chi connectivity index (χ0v) is 12.6. The van der Waals surface area contributed by atoms with Crippen molar-refractivity contribution >= 4 is 29.1 Å². The fraction of sp³-hybridized carbons (Fsp3) is 0.188. The molecule has 0 aliphatic rings. The van der Waals surface area contributed by atoms with Gasteiger partial charge in [-0.3, -0.25) is 14.6 Å². The van der Waals surface area contributed by atoms with Crippen LogP contribution in [0.1, 0.15) is 23.2 Å². The number of rotatable bonds is 6. The standard InChI is InChI=1S/C16H16ClN3O2/c17-13-5-3-12(4-6-13)16(22)19-9-1-2-15(21)20-14-7-10-18-11-8-14/h3-8,10-11H,1-2,9H2,(H,19,22)(H,18,20,21). The summed E-state index contributed by atoms with van der Waals surface area (Å²) in [6.45, 7) is 0.436. The van der Waals surface area contributed by atoms with Crippen molar-refractivity contribution in [2.45, 2.75) is 12.8 Å². The van der Waals surface area contributed by atoms with Crippen LogP contribution in [0.15, 0.2) is 48.8 Å². The number of aromatic nitrogens is 1. The highest BCUT2D eigenvalue weighted by molar-refractivity contribution is 6.30. The molecular formula is C16H16ClN3O2. The predicted octanol–water partition coefficient (Wildman–Crippen LogP) is 2.88. The van der Waals surface area contributed by atoms with Crippen molar-refractivity contribution in [1.82, 2.24) is 10.3 Å². The molecular weight excluding hydrogens is 302 g/mol.